The fourth-order valence-electron chi connectivity index (χ4n) is 2.30. The second kappa shape index (κ2) is 8.54. The van der Waals surface area contributed by atoms with Crippen molar-refractivity contribution in [3.8, 4) is 11.1 Å². The zero-order valence-corrected chi connectivity index (χ0v) is 16.7. The van der Waals surface area contributed by atoms with Crippen molar-refractivity contribution in [3.63, 3.8) is 0 Å². The molecule has 13 heteroatoms. The molecule has 2 rings (SSSR count). The number of nitrogens with one attached hydrogen (secondary N) is 2. The molecule has 0 aliphatic heterocycles. The van der Waals surface area contributed by atoms with E-state index in [9.17, 15) is 40.3 Å². The van der Waals surface area contributed by atoms with Gasteiger partial charge in [0.2, 0.25) is 5.91 Å². The van der Waals surface area contributed by atoms with E-state index in [0.29, 0.717) is 16.8 Å². The van der Waals surface area contributed by atoms with E-state index in [4.69, 9.17) is 23.2 Å². The molecule has 0 unspecified atom stereocenters. The van der Waals surface area contributed by atoms with E-state index in [2.05, 4.69) is 5.32 Å². The van der Waals surface area contributed by atoms with Crippen LogP contribution in [0.5, 0.6) is 0 Å². The fraction of sp³-hybridized carbons (Fsp3) is 0.222. The van der Waals surface area contributed by atoms with Crippen molar-refractivity contribution in [2.75, 3.05) is 10.6 Å². The molecule has 2 aromatic rings. The van der Waals surface area contributed by atoms with E-state index in [-0.39, 0.29) is 10.9 Å². The Bertz CT molecular complexity index is 1030. The van der Waals surface area contributed by atoms with Gasteiger partial charge in [0.15, 0.2) is 0 Å². The monoisotopic (exact) mass is 490 g/mol. The predicted octanol–water partition coefficient (Wildman–Crippen LogP) is 6.39. The van der Waals surface area contributed by atoms with Gasteiger partial charge in [-0.1, -0.05) is 35.3 Å². The van der Waals surface area contributed by atoms with Crippen LogP contribution in [0.15, 0.2) is 36.4 Å². The summed E-state index contributed by atoms with van der Waals surface area (Å²) in [5.41, 5.74) is 0.467. The molecule has 0 fully saturated rings. The maximum absolute atomic E-state index is 13.5. The highest BCUT2D eigenvalue weighted by molar-refractivity contribution is 6.34. The molecular weight excluding hydrogens is 480 g/mol. The van der Waals surface area contributed by atoms with Gasteiger partial charge < -0.3 is 10.6 Å². The fourth-order valence-corrected chi connectivity index (χ4v) is 2.76. The van der Waals surface area contributed by atoms with Gasteiger partial charge in [0.1, 0.15) is 0 Å². The molecule has 0 aliphatic carbocycles. The number of rotatable bonds is 5. The molecular formula is C18H11Cl2F7N2O2. The molecule has 0 aromatic heterocycles. The number of anilines is 2. The van der Waals surface area contributed by atoms with Crippen molar-refractivity contribution in [1.29, 1.82) is 0 Å². The Hall–Kier alpha value is -2.53. The van der Waals surface area contributed by atoms with Crippen molar-refractivity contribution >= 4 is 46.4 Å². The summed E-state index contributed by atoms with van der Waals surface area (Å²) in [4.78, 5) is 22.5. The van der Waals surface area contributed by atoms with Crippen molar-refractivity contribution in [1.82, 2.24) is 0 Å². The van der Waals surface area contributed by atoms with Crippen LogP contribution in [0.2, 0.25) is 10.0 Å². The van der Waals surface area contributed by atoms with Crippen LogP contribution >= 0.6 is 23.2 Å². The van der Waals surface area contributed by atoms with E-state index in [1.807, 2.05) is 0 Å². The average molecular weight is 491 g/mol. The van der Waals surface area contributed by atoms with Crippen molar-refractivity contribution in [2.24, 2.45) is 0 Å². The Labute approximate surface area is 180 Å². The number of carbonyl (C=O) groups excluding carboxylic acids is 2. The molecule has 0 aliphatic rings. The van der Waals surface area contributed by atoms with Gasteiger partial charge in [-0.05, 0) is 35.4 Å². The van der Waals surface area contributed by atoms with Gasteiger partial charge in [-0.25, -0.2) is 0 Å². The maximum Gasteiger partial charge on any atom is 0.460 e. The van der Waals surface area contributed by atoms with Crippen molar-refractivity contribution in [3.05, 3.63) is 46.4 Å². The van der Waals surface area contributed by atoms with Gasteiger partial charge in [-0.3, -0.25) is 9.59 Å². The lowest BCUT2D eigenvalue weighted by molar-refractivity contribution is -0.343. The minimum absolute atomic E-state index is 0.148. The largest absolute Gasteiger partial charge is 0.460 e. The normalized spacial score (nSPS) is 12.5. The minimum atomic E-state index is -6.65. The van der Waals surface area contributed by atoms with Crippen LogP contribution in [0.4, 0.5) is 42.1 Å². The van der Waals surface area contributed by atoms with E-state index in [0.717, 1.165) is 12.1 Å². The highest BCUT2D eigenvalue weighted by atomic mass is 35.5. The van der Waals surface area contributed by atoms with Crippen LogP contribution in [0, 0.1) is 0 Å². The Morgan fingerprint density at radius 3 is 1.55 bits per heavy atom. The van der Waals surface area contributed by atoms with Gasteiger partial charge in [-0.15, -0.1) is 0 Å². The van der Waals surface area contributed by atoms with Crippen LogP contribution < -0.4 is 10.6 Å². The van der Waals surface area contributed by atoms with E-state index in [1.165, 1.54) is 36.5 Å². The lowest BCUT2D eigenvalue weighted by Crippen LogP contribution is -2.57. The Kier molecular flexibility index (Phi) is 6.82. The molecule has 0 radical (unpaired) electrons. The zero-order valence-electron chi connectivity index (χ0n) is 15.2. The number of carbonyl (C=O) groups is 2. The zero-order chi connectivity index (χ0) is 23.8. The SMILES string of the molecule is CC(=O)Nc1ccc(-c2ccc(NC(=O)C(F)(F)C(F)(F)C(F)(F)F)c(Cl)c2)cc1Cl. The van der Waals surface area contributed by atoms with E-state index < -0.39 is 34.6 Å². The third kappa shape index (κ3) is 5.04. The average Bonchev–Trinajstić information content (AvgIpc) is 2.63. The molecule has 4 nitrogen and oxygen atoms in total. The van der Waals surface area contributed by atoms with Gasteiger partial charge in [-0.2, -0.15) is 30.7 Å². The van der Waals surface area contributed by atoms with Crippen LogP contribution in [0.1, 0.15) is 6.92 Å². The van der Waals surface area contributed by atoms with Crippen molar-refractivity contribution < 1.29 is 40.3 Å². The molecule has 0 spiro atoms. The topological polar surface area (TPSA) is 58.2 Å². The predicted molar refractivity (Wildman–Crippen MR) is 101 cm³/mol. The first-order chi connectivity index (χ1) is 14.1. The number of hydrogen-bond acceptors (Lipinski definition) is 2. The summed E-state index contributed by atoms with van der Waals surface area (Å²) in [7, 11) is 0. The Balaban J connectivity index is 2.28. The Morgan fingerprint density at radius 2 is 1.19 bits per heavy atom. The van der Waals surface area contributed by atoms with Crippen molar-refractivity contribution in [2.45, 2.75) is 24.9 Å². The minimum Gasteiger partial charge on any atom is -0.325 e. The number of hydrogen-bond donors (Lipinski definition) is 2. The summed E-state index contributed by atoms with van der Waals surface area (Å²) in [5, 5.41) is 3.48. The van der Waals surface area contributed by atoms with Crippen LogP contribution in [0.25, 0.3) is 11.1 Å². The number of benzene rings is 2. The number of alkyl halides is 7. The summed E-state index contributed by atoms with van der Waals surface area (Å²) in [6.45, 7) is 1.27. The smallest absolute Gasteiger partial charge is 0.325 e. The van der Waals surface area contributed by atoms with E-state index >= 15 is 0 Å². The van der Waals surface area contributed by atoms with E-state index in [1.54, 1.807) is 0 Å². The molecule has 2 N–H and O–H groups in total. The first kappa shape index (κ1) is 24.7. The third-order valence-corrected chi connectivity index (χ3v) is 4.49. The third-order valence-electron chi connectivity index (χ3n) is 3.87. The van der Waals surface area contributed by atoms with Gasteiger partial charge in [0, 0.05) is 6.92 Å². The summed E-state index contributed by atoms with van der Waals surface area (Å²) in [6.07, 6.45) is -6.65. The quantitative estimate of drug-likeness (QED) is 0.477. The lowest BCUT2D eigenvalue weighted by atomic mass is 10.0. The molecule has 0 atom stereocenters. The van der Waals surface area contributed by atoms with Crippen LogP contribution in [0.3, 0.4) is 0 Å². The van der Waals surface area contributed by atoms with Crippen LogP contribution in [-0.4, -0.2) is 29.8 Å². The molecule has 0 bridgehead atoms. The lowest BCUT2D eigenvalue weighted by Gasteiger charge is -2.27. The number of amides is 2. The first-order valence-corrected chi connectivity index (χ1v) is 8.84. The summed E-state index contributed by atoms with van der Waals surface area (Å²) >= 11 is 11.9. The molecule has 0 heterocycles. The summed E-state index contributed by atoms with van der Waals surface area (Å²) < 4.78 is 89.5. The van der Waals surface area contributed by atoms with Gasteiger partial charge in [0.25, 0.3) is 0 Å². The van der Waals surface area contributed by atoms with Gasteiger partial charge in [0.05, 0.1) is 21.4 Å². The first-order valence-electron chi connectivity index (χ1n) is 8.09. The summed E-state index contributed by atoms with van der Waals surface area (Å²) in [6, 6.07) is 7.70. The standard InChI is InChI=1S/C18H11Cl2F7N2O2/c1-8(30)28-13-4-2-9(6-11(13)19)10-3-5-14(12(20)7-10)29-15(31)16(21,22)17(23,24)18(25,26)27/h2-7H,1H3,(H,28,30)(H,29,31). The molecule has 168 valence electrons. The second-order valence-corrected chi connectivity index (χ2v) is 6.99. The number of halogens is 9. The maximum atomic E-state index is 13.5. The highest BCUT2D eigenvalue weighted by Gasteiger charge is 2.76. The highest BCUT2D eigenvalue weighted by Crippen LogP contribution is 2.47. The second-order valence-electron chi connectivity index (χ2n) is 6.17. The summed E-state index contributed by atoms with van der Waals surface area (Å²) in [5.74, 6) is -15.9. The molecule has 0 saturated heterocycles. The molecule has 31 heavy (non-hydrogen) atoms. The molecule has 2 amide bonds. The molecule has 0 saturated carbocycles. The van der Waals surface area contributed by atoms with Crippen LogP contribution in [-0.2, 0) is 9.59 Å². The molecule has 2 aromatic carbocycles. The van der Waals surface area contributed by atoms with Gasteiger partial charge >= 0.3 is 23.9 Å². The Morgan fingerprint density at radius 1 is 0.774 bits per heavy atom.